The molecule has 7 heteroatoms. The number of nitrogens with one attached hydrogen (secondary N) is 2. The van der Waals surface area contributed by atoms with Crippen molar-refractivity contribution < 1.29 is 18.9 Å². The van der Waals surface area contributed by atoms with Crippen molar-refractivity contribution in [2.75, 3.05) is 12.8 Å². The van der Waals surface area contributed by atoms with E-state index in [-0.39, 0.29) is 23.1 Å². The van der Waals surface area contributed by atoms with Gasteiger partial charge in [-0.2, -0.15) is 0 Å². The molecule has 0 heterocycles. The molecular formula is C14H28N2O4S. The molecule has 6 nitrogen and oxygen atoms in total. The van der Waals surface area contributed by atoms with E-state index in [1.54, 1.807) is 6.26 Å². The fraction of sp³-hybridized carbons (Fsp3) is 0.857. The Balaban J connectivity index is 4.27. The van der Waals surface area contributed by atoms with Crippen LogP contribution in [-0.4, -0.2) is 45.4 Å². The summed E-state index contributed by atoms with van der Waals surface area (Å²) in [5.41, 5.74) is -0.0684. The highest BCUT2D eigenvalue weighted by atomic mass is 32.2. The molecule has 0 saturated carbocycles. The molecule has 3 unspecified atom stereocenters. The predicted octanol–water partition coefficient (Wildman–Crippen LogP) is 1.72. The monoisotopic (exact) mass is 320 g/mol. The lowest BCUT2D eigenvalue weighted by Crippen LogP contribution is -2.45. The first-order chi connectivity index (χ1) is 9.51. The zero-order valence-corrected chi connectivity index (χ0v) is 14.4. The van der Waals surface area contributed by atoms with Gasteiger partial charge in [-0.25, -0.2) is 4.79 Å². The molecule has 3 N–H and O–H groups in total. The Kier molecular flexibility index (Phi) is 8.54. The SMILES string of the molecule is CC(CCNC(=O)NC(CC(=O)O)CC(C)(C)C)S(C)=O. The molecule has 0 aromatic carbocycles. The second-order valence-electron chi connectivity index (χ2n) is 6.56. The van der Waals surface area contributed by atoms with Crippen molar-refractivity contribution in [3.05, 3.63) is 0 Å². The zero-order valence-electron chi connectivity index (χ0n) is 13.6. The summed E-state index contributed by atoms with van der Waals surface area (Å²) in [6, 6.07) is -0.778. The Labute approximate surface area is 129 Å². The van der Waals surface area contributed by atoms with E-state index in [9.17, 15) is 13.8 Å². The van der Waals surface area contributed by atoms with E-state index < -0.39 is 22.8 Å². The molecule has 0 bridgehead atoms. The maximum Gasteiger partial charge on any atom is 0.315 e. The Morgan fingerprint density at radius 3 is 2.29 bits per heavy atom. The van der Waals surface area contributed by atoms with Crippen molar-refractivity contribution >= 4 is 22.8 Å². The van der Waals surface area contributed by atoms with Crippen LogP contribution < -0.4 is 10.6 Å². The number of aliphatic carboxylic acids is 1. The number of carboxylic acid groups (broad SMARTS) is 1. The van der Waals surface area contributed by atoms with Gasteiger partial charge in [0.2, 0.25) is 0 Å². The molecule has 0 rings (SSSR count). The molecule has 0 aliphatic rings. The van der Waals surface area contributed by atoms with Crippen LogP contribution in [0, 0.1) is 5.41 Å². The van der Waals surface area contributed by atoms with Crippen LogP contribution in [0.25, 0.3) is 0 Å². The third-order valence-electron chi connectivity index (χ3n) is 3.02. The van der Waals surface area contributed by atoms with Crippen LogP contribution in [0.4, 0.5) is 4.79 Å². The first-order valence-corrected chi connectivity index (χ1v) is 8.72. The molecule has 0 aliphatic carbocycles. The van der Waals surface area contributed by atoms with Crippen LogP contribution in [0.2, 0.25) is 0 Å². The standard InChI is InChI=1S/C14H28N2O4S/c1-10(21(5)20)6-7-15-13(19)16-11(8-12(17)18)9-14(2,3)4/h10-11H,6-9H2,1-5H3,(H,17,18)(H2,15,16,19). The lowest BCUT2D eigenvalue weighted by Gasteiger charge is -2.26. The van der Waals surface area contributed by atoms with Gasteiger partial charge in [0, 0.05) is 34.9 Å². The number of hydrogen-bond donors (Lipinski definition) is 3. The Morgan fingerprint density at radius 1 is 1.29 bits per heavy atom. The molecule has 2 amide bonds. The average Bonchev–Trinajstić information content (AvgIpc) is 2.24. The van der Waals surface area contributed by atoms with Crippen molar-refractivity contribution in [3.8, 4) is 0 Å². The lowest BCUT2D eigenvalue weighted by molar-refractivity contribution is -0.137. The van der Waals surface area contributed by atoms with Gasteiger partial charge in [0.25, 0.3) is 0 Å². The van der Waals surface area contributed by atoms with E-state index in [1.807, 2.05) is 27.7 Å². The highest BCUT2D eigenvalue weighted by molar-refractivity contribution is 7.84. The van der Waals surface area contributed by atoms with Crippen molar-refractivity contribution in [2.24, 2.45) is 5.41 Å². The summed E-state index contributed by atoms with van der Waals surface area (Å²) in [5.74, 6) is -0.931. The minimum Gasteiger partial charge on any atom is -0.481 e. The minimum absolute atomic E-state index is 0.0229. The fourth-order valence-corrected chi connectivity index (χ4v) is 2.37. The van der Waals surface area contributed by atoms with Gasteiger partial charge in [0.1, 0.15) is 0 Å². The van der Waals surface area contributed by atoms with Crippen LogP contribution in [-0.2, 0) is 15.6 Å². The van der Waals surface area contributed by atoms with Gasteiger partial charge in [0.05, 0.1) is 6.42 Å². The zero-order chi connectivity index (χ0) is 16.6. The lowest BCUT2D eigenvalue weighted by atomic mass is 9.87. The summed E-state index contributed by atoms with van der Waals surface area (Å²) in [4.78, 5) is 22.6. The molecule has 0 fully saturated rings. The third-order valence-corrected chi connectivity index (χ3v) is 4.39. The molecule has 3 atom stereocenters. The number of carbonyl (C=O) groups is 2. The third kappa shape index (κ3) is 11.2. The van der Waals surface area contributed by atoms with E-state index in [1.165, 1.54) is 0 Å². The molecular weight excluding hydrogens is 292 g/mol. The number of urea groups is 1. The van der Waals surface area contributed by atoms with Crippen molar-refractivity contribution in [1.82, 2.24) is 10.6 Å². The van der Waals surface area contributed by atoms with Crippen LogP contribution in [0.5, 0.6) is 0 Å². The Bertz CT molecular complexity index is 380. The maximum atomic E-state index is 11.8. The first-order valence-electron chi connectivity index (χ1n) is 7.09. The van der Waals surface area contributed by atoms with E-state index >= 15 is 0 Å². The van der Waals surface area contributed by atoms with E-state index in [4.69, 9.17) is 5.11 Å². The van der Waals surface area contributed by atoms with Crippen LogP contribution in [0.15, 0.2) is 0 Å². The highest BCUT2D eigenvalue weighted by Crippen LogP contribution is 2.22. The summed E-state index contributed by atoms with van der Waals surface area (Å²) < 4.78 is 11.2. The number of carbonyl (C=O) groups excluding carboxylic acids is 1. The van der Waals surface area contributed by atoms with Crippen molar-refractivity contribution in [3.63, 3.8) is 0 Å². The minimum atomic E-state index is -0.931. The van der Waals surface area contributed by atoms with Gasteiger partial charge >= 0.3 is 12.0 Å². The summed E-state index contributed by atoms with van der Waals surface area (Å²) in [6.07, 6.45) is 2.75. The normalized spacial score (nSPS) is 15.9. The van der Waals surface area contributed by atoms with E-state index in [2.05, 4.69) is 10.6 Å². The first kappa shape index (κ1) is 19.9. The van der Waals surface area contributed by atoms with Crippen molar-refractivity contribution in [2.45, 2.75) is 58.2 Å². The van der Waals surface area contributed by atoms with Crippen molar-refractivity contribution in [1.29, 1.82) is 0 Å². The molecule has 0 aromatic rings. The largest absolute Gasteiger partial charge is 0.481 e. The second kappa shape index (κ2) is 9.02. The average molecular weight is 320 g/mol. The van der Waals surface area contributed by atoms with Crippen LogP contribution in [0.1, 0.15) is 47.0 Å². The van der Waals surface area contributed by atoms with Gasteiger partial charge < -0.3 is 15.7 Å². The van der Waals surface area contributed by atoms with Gasteiger partial charge in [-0.05, 0) is 18.3 Å². The number of amides is 2. The topological polar surface area (TPSA) is 95.5 Å². The fourth-order valence-electron chi connectivity index (χ4n) is 1.92. The second-order valence-corrected chi connectivity index (χ2v) is 8.36. The number of hydrogen-bond acceptors (Lipinski definition) is 3. The predicted molar refractivity (Wildman–Crippen MR) is 84.8 cm³/mol. The van der Waals surface area contributed by atoms with E-state index in [0.29, 0.717) is 19.4 Å². The Morgan fingerprint density at radius 2 is 1.86 bits per heavy atom. The van der Waals surface area contributed by atoms with E-state index in [0.717, 1.165) is 0 Å². The molecule has 0 saturated heterocycles. The van der Waals surface area contributed by atoms with Crippen LogP contribution in [0.3, 0.4) is 0 Å². The van der Waals surface area contributed by atoms with Gasteiger partial charge in [0.15, 0.2) is 0 Å². The summed E-state index contributed by atoms with van der Waals surface area (Å²) in [7, 11) is -0.906. The molecule has 0 aromatic heterocycles. The maximum absolute atomic E-state index is 11.8. The number of carboxylic acids is 1. The van der Waals surface area contributed by atoms with Gasteiger partial charge in [-0.15, -0.1) is 0 Å². The highest BCUT2D eigenvalue weighted by Gasteiger charge is 2.22. The molecule has 124 valence electrons. The van der Waals surface area contributed by atoms with Gasteiger partial charge in [-0.1, -0.05) is 27.7 Å². The quantitative estimate of drug-likeness (QED) is 0.634. The summed E-state index contributed by atoms with van der Waals surface area (Å²) >= 11 is 0. The summed E-state index contributed by atoms with van der Waals surface area (Å²) in [6.45, 7) is 8.28. The number of rotatable bonds is 8. The molecule has 21 heavy (non-hydrogen) atoms. The Hall–Kier alpha value is -1.11. The smallest absolute Gasteiger partial charge is 0.315 e. The molecule has 0 radical (unpaired) electrons. The molecule has 0 spiro atoms. The van der Waals surface area contributed by atoms with Crippen LogP contribution >= 0.6 is 0 Å². The molecule has 0 aliphatic heterocycles. The van der Waals surface area contributed by atoms with Gasteiger partial charge in [-0.3, -0.25) is 9.00 Å². The summed E-state index contributed by atoms with van der Waals surface area (Å²) in [5, 5.41) is 14.3.